The van der Waals surface area contributed by atoms with Gasteiger partial charge in [0, 0.05) is 6.54 Å². The average molecular weight is 340 g/mol. The third-order valence-electron chi connectivity index (χ3n) is 3.99. The molecule has 0 unspecified atom stereocenters. The zero-order chi connectivity index (χ0) is 17.6. The van der Waals surface area contributed by atoms with Crippen LogP contribution >= 0.6 is 0 Å². The number of nitrogens with one attached hydrogen (secondary N) is 2. The molecule has 0 atom stereocenters. The van der Waals surface area contributed by atoms with E-state index in [-0.39, 0.29) is 31.6 Å². The van der Waals surface area contributed by atoms with Crippen LogP contribution in [0.4, 0.5) is 0 Å². The van der Waals surface area contributed by atoms with Gasteiger partial charge in [-0.1, -0.05) is 30.3 Å². The van der Waals surface area contributed by atoms with E-state index in [0.29, 0.717) is 18.0 Å². The van der Waals surface area contributed by atoms with Crippen LogP contribution in [0.25, 0.3) is 0 Å². The molecule has 25 heavy (non-hydrogen) atoms. The van der Waals surface area contributed by atoms with Gasteiger partial charge in [0.25, 0.3) is 0 Å². The maximum Gasteiger partial charge on any atom is 0.239 e. The molecule has 1 heterocycles. The lowest BCUT2D eigenvalue weighted by atomic mass is 10.1. The van der Waals surface area contributed by atoms with Gasteiger partial charge >= 0.3 is 0 Å². The van der Waals surface area contributed by atoms with Crippen LogP contribution in [0.1, 0.15) is 16.7 Å². The monoisotopic (exact) mass is 340 g/mol. The first-order valence-corrected chi connectivity index (χ1v) is 8.08. The van der Waals surface area contributed by atoms with Gasteiger partial charge in [-0.2, -0.15) is 0 Å². The normalized spacial score (nSPS) is 11.9. The zero-order valence-corrected chi connectivity index (χ0v) is 14.0. The summed E-state index contributed by atoms with van der Waals surface area (Å²) in [7, 11) is 0. The number of amides is 2. The Bertz CT molecular complexity index is 789. The molecule has 6 heteroatoms. The molecule has 2 aromatic carbocycles. The van der Waals surface area contributed by atoms with Crippen molar-refractivity contribution in [3.8, 4) is 11.5 Å². The van der Waals surface area contributed by atoms with Gasteiger partial charge in [0.1, 0.15) is 0 Å². The molecule has 2 aromatic rings. The Hall–Kier alpha value is -3.02. The van der Waals surface area contributed by atoms with Crippen LogP contribution in [0.3, 0.4) is 0 Å². The number of carbonyl (C=O) groups excluding carboxylic acids is 2. The fourth-order valence-corrected chi connectivity index (χ4v) is 2.54. The highest BCUT2D eigenvalue weighted by Gasteiger charge is 2.13. The molecule has 2 N–H and O–H groups in total. The molecule has 0 bridgehead atoms. The summed E-state index contributed by atoms with van der Waals surface area (Å²) in [5.74, 6) is 0.972. The SMILES string of the molecule is Cc1ccccc1CC(=O)NCC(=O)NCc1ccc2c(c1)OCO2. The summed E-state index contributed by atoms with van der Waals surface area (Å²) in [6.07, 6.45) is 0.266. The predicted molar refractivity (Wildman–Crippen MR) is 92.3 cm³/mol. The Labute approximate surface area is 146 Å². The highest BCUT2D eigenvalue weighted by atomic mass is 16.7. The second-order valence-corrected chi connectivity index (χ2v) is 5.84. The molecule has 1 aliphatic heterocycles. The minimum atomic E-state index is -0.240. The summed E-state index contributed by atoms with van der Waals surface area (Å²) in [4.78, 5) is 23.8. The third-order valence-corrected chi connectivity index (χ3v) is 3.99. The molecule has 0 radical (unpaired) electrons. The highest BCUT2D eigenvalue weighted by Crippen LogP contribution is 2.32. The van der Waals surface area contributed by atoms with Crippen LogP contribution in [-0.2, 0) is 22.6 Å². The summed E-state index contributed by atoms with van der Waals surface area (Å²) in [5, 5.41) is 5.41. The molecule has 0 saturated carbocycles. The van der Waals surface area contributed by atoms with Gasteiger partial charge in [0.05, 0.1) is 13.0 Å². The minimum absolute atomic E-state index is 0.0464. The smallest absolute Gasteiger partial charge is 0.239 e. The lowest BCUT2D eigenvalue weighted by molar-refractivity contribution is -0.125. The van der Waals surface area contributed by atoms with Gasteiger partial charge in [0.2, 0.25) is 18.6 Å². The average Bonchev–Trinajstić information content (AvgIpc) is 3.08. The molecular weight excluding hydrogens is 320 g/mol. The highest BCUT2D eigenvalue weighted by molar-refractivity contribution is 5.85. The van der Waals surface area contributed by atoms with E-state index in [4.69, 9.17) is 9.47 Å². The van der Waals surface area contributed by atoms with Crippen LogP contribution in [-0.4, -0.2) is 25.2 Å². The van der Waals surface area contributed by atoms with E-state index >= 15 is 0 Å². The Kier molecular flexibility index (Phi) is 5.18. The molecular formula is C19H20N2O4. The molecule has 0 saturated heterocycles. The zero-order valence-electron chi connectivity index (χ0n) is 14.0. The van der Waals surface area contributed by atoms with Crippen molar-refractivity contribution in [1.82, 2.24) is 10.6 Å². The summed E-state index contributed by atoms with van der Waals surface area (Å²) >= 11 is 0. The fourth-order valence-electron chi connectivity index (χ4n) is 2.54. The van der Waals surface area contributed by atoms with Gasteiger partial charge in [-0.25, -0.2) is 0 Å². The van der Waals surface area contributed by atoms with Crippen molar-refractivity contribution in [3.63, 3.8) is 0 Å². The quantitative estimate of drug-likeness (QED) is 0.839. The van der Waals surface area contributed by atoms with Crippen molar-refractivity contribution in [2.75, 3.05) is 13.3 Å². The number of rotatable bonds is 6. The van der Waals surface area contributed by atoms with Gasteiger partial charge in [-0.3, -0.25) is 9.59 Å². The number of benzene rings is 2. The van der Waals surface area contributed by atoms with E-state index in [1.807, 2.05) is 49.4 Å². The van der Waals surface area contributed by atoms with E-state index in [9.17, 15) is 9.59 Å². The van der Waals surface area contributed by atoms with Gasteiger partial charge in [-0.15, -0.1) is 0 Å². The number of hydrogen-bond donors (Lipinski definition) is 2. The molecule has 130 valence electrons. The second kappa shape index (κ2) is 7.70. The van der Waals surface area contributed by atoms with E-state index in [2.05, 4.69) is 10.6 Å². The number of fused-ring (bicyclic) bond motifs is 1. The molecule has 0 fully saturated rings. The van der Waals surface area contributed by atoms with Crippen molar-refractivity contribution >= 4 is 11.8 Å². The molecule has 2 amide bonds. The maximum absolute atomic E-state index is 11.9. The molecule has 0 aliphatic carbocycles. The lowest BCUT2D eigenvalue weighted by Gasteiger charge is -2.09. The van der Waals surface area contributed by atoms with Crippen LogP contribution in [0.2, 0.25) is 0 Å². The standard InChI is InChI=1S/C19H20N2O4/c1-13-4-2-3-5-15(13)9-18(22)21-11-19(23)20-10-14-6-7-16-17(8-14)25-12-24-16/h2-8H,9-12H2,1H3,(H,20,23)(H,21,22). The maximum atomic E-state index is 11.9. The number of aryl methyl sites for hydroxylation is 1. The first-order chi connectivity index (χ1) is 12.1. The number of hydrogen-bond acceptors (Lipinski definition) is 4. The number of carbonyl (C=O) groups is 2. The first kappa shape index (κ1) is 16.8. The van der Waals surface area contributed by atoms with Crippen molar-refractivity contribution in [2.45, 2.75) is 19.9 Å². The summed E-state index contributed by atoms with van der Waals surface area (Å²) in [6, 6.07) is 13.2. The molecule has 3 rings (SSSR count). The topological polar surface area (TPSA) is 76.7 Å². The van der Waals surface area contributed by atoms with E-state index in [1.165, 1.54) is 0 Å². The Balaban J connectivity index is 1.42. The minimum Gasteiger partial charge on any atom is -0.454 e. The van der Waals surface area contributed by atoms with Crippen LogP contribution in [0, 0.1) is 6.92 Å². The van der Waals surface area contributed by atoms with Crippen molar-refractivity contribution in [1.29, 1.82) is 0 Å². The predicted octanol–water partition coefficient (Wildman–Crippen LogP) is 1.70. The molecule has 0 spiro atoms. The van der Waals surface area contributed by atoms with E-state index in [0.717, 1.165) is 16.7 Å². The van der Waals surface area contributed by atoms with Crippen LogP contribution < -0.4 is 20.1 Å². The van der Waals surface area contributed by atoms with Crippen molar-refractivity contribution in [3.05, 3.63) is 59.2 Å². The van der Waals surface area contributed by atoms with Gasteiger partial charge in [0.15, 0.2) is 11.5 Å². The van der Waals surface area contributed by atoms with Gasteiger partial charge < -0.3 is 20.1 Å². The molecule has 1 aliphatic rings. The van der Waals surface area contributed by atoms with Crippen molar-refractivity contribution in [2.24, 2.45) is 0 Å². The molecule has 0 aromatic heterocycles. The van der Waals surface area contributed by atoms with Gasteiger partial charge in [-0.05, 0) is 35.7 Å². The summed E-state index contributed by atoms with van der Waals surface area (Å²) < 4.78 is 10.5. The molecule has 6 nitrogen and oxygen atoms in total. The van der Waals surface area contributed by atoms with Crippen LogP contribution in [0.15, 0.2) is 42.5 Å². The Morgan fingerprint density at radius 3 is 2.64 bits per heavy atom. The third kappa shape index (κ3) is 4.50. The Morgan fingerprint density at radius 2 is 1.80 bits per heavy atom. The van der Waals surface area contributed by atoms with E-state index in [1.54, 1.807) is 0 Å². The second-order valence-electron chi connectivity index (χ2n) is 5.84. The summed E-state index contributed by atoms with van der Waals surface area (Å²) in [5.41, 5.74) is 2.93. The number of ether oxygens (including phenoxy) is 2. The Morgan fingerprint density at radius 1 is 1.00 bits per heavy atom. The largest absolute Gasteiger partial charge is 0.454 e. The van der Waals surface area contributed by atoms with Crippen LogP contribution in [0.5, 0.6) is 11.5 Å². The van der Waals surface area contributed by atoms with Crippen molar-refractivity contribution < 1.29 is 19.1 Å². The first-order valence-electron chi connectivity index (χ1n) is 8.08. The lowest BCUT2D eigenvalue weighted by Crippen LogP contribution is -2.37. The van der Waals surface area contributed by atoms with E-state index < -0.39 is 0 Å². The fraction of sp³-hybridized carbons (Fsp3) is 0.263. The summed E-state index contributed by atoms with van der Waals surface area (Å²) in [6.45, 7) is 2.50.